The van der Waals surface area contributed by atoms with E-state index in [2.05, 4.69) is 5.32 Å². The Labute approximate surface area is 177 Å². The van der Waals surface area contributed by atoms with Crippen molar-refractivity contribution in [3.63, 3.8) is 0 Å². The van der Waals surface area contributed by atoms with Crippen LogP contribution in [0.4, 0.5) is 4.39 Å². The molecule has 0 bridgehead atoms. The minimum absolute atomic E-state index is 0.00458. The van der Waals surface area contributed by atoms with Crippen LogP contribution >= 0.6 is 0 Å². The highest BCUT2D eigenvalue weighted by Gasteiger charge is 2.29. The average molecular weight is 409 g/mol. The Bertz CT molecular complexity index is 870. The number of piperidine rings is 1. The van der Waals surface area contributed by atoms with Crippen molar-refractivity contribution in [2.45, 2.75) is 32.7 Å². The number of halogens is 1. The number of carbonyl (C=O) groups is 2. The van der Waals surface area contributed by atoms with Crippen LogP contribution in [0.2, 0.25) is 0 Å². The molecule has 2 amide bonds. The van der Waals surface area contributed by atoms with Gasteiger partial charge in [-0.15, -0.1) is 0 Å². The van der Waals surface area contributed by atoms with Gasteiger partial charge >= 0.3 is 0 Å². The van der Waals surface area contributed by atoms with E-state index >= 15 is 0 Å². The molecule has 0 aliphatic carbocycles. The molecule has 0 spiro atoms. The molecule has 1 heterocycles. The first-order chi connectivity index (χ1) is 14.4. The van der Waals surface area contributed by atoms with Crippen molar-refractivity contribution in [1.29, 1.82) is 0 Å². The molecule has 5 heteroatoms. The van der Waals surface area contributed by atoms with Gasteiger partial charge in [0.1, 0.15) is 5.82 Å². The average Bonchev–Trinajstić information content (AvgIpc) is 2.77. The lowest BCUT2D eigenvalue weighted by Gasteiger charge is -2.32. The van der Waals surface area contributed by atoms with Crippen molar-refractivity contribution < 1.29 is 14.0 Å². The summed E-state index contributed by atoms with van der Waals surface area (Å²) in [6.45, 7) is 5.21. The Morgan fingerprint density at radius 1 is 1.03 bits per heavy atom. The van der Waals surface area contributed by atoms with Crippen LogP contribution in [0.1, 0.15) is 43.9 Å². The molecule has 1 atom stereocenters. The molecule has 1 saturated heterocycles. The smallest absolute Gasteiger partial charge is 0.246 e. The van der Waals surface area contributed by atoms with Gasteiger partial charge in [-0.1, -0.05) is 56.3 Å². The van der Waals surface area contributed by atoms with Gasteiger partial charge < -0.3 is 10.2 Å². The number of carbonyl (C=O) groups excluding carboxylic acids is 2. The van der Waals surface area contributed by atoms with Crippen molar-refractivity contribution in [3.05, 3.63) is 77.6 Å². The molecule has 2 aromatic rings. The molecular formula is C25H29FN2O2. The molecule has 158 valence electrons. The van der Waals surface area contributed by atoms with E-state index in [0.29, 0.717) is 25.9 Å². The van der Waals surface area contributed by atoms with Crippen LogP contribution < -0.4 is 5.32 Å². The summed E-state index contributed by atoms with van der Waals surface area (Å²) in [5.41, 5.74) is 1.89. The van der Waals surface area contributed by atoms with Crippen LogP contribution in [-0.2, 0) is 9.59 Å². The zero-order chi connectivity index (χ0) is 21.5. The summed E-state index contributed by atoms with van der Waals surface area (Å²) in [6.07, 6.45) is 4.70. The van der Waals surface area contributed by atoms with Gasteiger partial charge in [-0.25, -0.2) is 4.39 Å². The second kappa shape index (κ2) is 10.2. The molecule has 4 nitrogen and oxygen atoms in total. The molecule has 2 aromatic carbocycles. The second-order valence-corrected chi connectivity index (χ2v) is 8.13. The van der Waals surface area contributed by atoms with E-state index < -0.39 is 0 Å². The molecule has 1 aliphatic rings. The van der Waals surface area contributed by atoms with Gasteiger partial charge in [0.05, 0.1) is 6.04 Å². The molecule has 0 saturated carbocycles. The number of amides is 2. The van der Waals surface area contributed by atoms with E-state index in [1.807, 2.05) is 50.3 Å². The maximum Gasteiger partial charge on any atom is 0.246 e. The first kappa shape index (κ1) is 21.8. The Balaban J connectivity index is 1.53. The Hall–Kier alpha value is -2.95. The topological polar surface area (TPSA) is 49.4 Å². The number of nitrogens with zero attached hydrogens (tertiary/aromatic N) is 1. The monoisotopic (exact) mass is 408 g/mol. The summed E-state index contributed by atoms with van der Waals surface area (Å²) < 4.78 is 13.2. The van der Waals surface area contributed by atoms with Crippen LogP contribution in [0, 0.1) is 17.7 Å². The van der Waals surface area contributed by atoms with E-state index in [-0.39, 0.29) is 35.5 Å². The third-order valence-electron chi connectivity index (χ3n) is 5.59. The third kappa shape index (κ3) is 5.78. The number of hydrogen-bond acceptors (Lipinski definition) is 2. The summed E-state index contributed by atoms with van der Waals surface area (Å²) in [5, 5.41) is 3.13. The first-order valence-corrected chi connectivity index (χ1v) is 10.5. The molecule has 3 rings (SSSR count). The Morgan fingerprint density at radius 2 is 1.67 bits per heavy atom. The molecule has 30 heavy (non-hydrogen) atoms. The fourth-order valence-electron chi connectivity index (χ4n) is 3.78. The van der Waals surface area contributed by atoms with Gasteiger partial charge in [0.25, 0.3) is 0 Å². The number of rotatable bonds is 6. The van der Waals surface area contributed by atoms with Gasteiger partial charge in [-0.3, -0.25) is 9.59 Å². The lowest BCUT2D eigenvalue weighted by atomic mass is 9.92. The van der Waals surface area contributed by atoms with E-state index in [0.717, 1.165) is 11.1 Å². The quantitative estimate of drug-likeness (QED) is 0.711. The third-order valence-corrected chi connectivity index (χ3v) is 5.59. The highest BCUT2D eigenvalue weighted by atomic mass is 19.1. The lowest BCUT2D eigenvalue weighted by Crippen LogP contribution is -2.43. The van der Waals surface area contributed by atoms with Crippen LogP contribution in [0.15, 0.2) is 60.7 Å². The fourth-order valence-corrected chi connectivity index (χ4v) is 3.78. The molecule has 1 unspecified atom stereocenters. The zero-order valence-electron chi connectivity index (χ0n) is 17.6. The standard InChI is InChI=1S/C25H29FN2O2/c1-18(2)24(20-9-11-22(26)12-10-20)27-25(30)21-14-16-28(17-15-21)23(29)13-8-19-6-4-3-5-7-19/h3-13,18,21,24H,14-17H2,1-2H3,(H,27,30)/b13-8+. The van der Waals surface area contributed by atoms with Gasteiger partial charge in [0, 0.05) is 25.1 Å². The predicted molar refractivity (Wildman–Crippen MR) is 117 cm³/mol. The van der Waals surface area contributed by atoms with E-state index in [4.69, 9.17) is 0 Å². The summed E-state index contributed by atoms with van der Waals surface area (Å²) in [7, 11) is 0. The number of likely N-dealkylation sites (tertiary alicyclic amines) is 1. The van der Waals surface area contributed by atoms with Crippen LogP contribution in [-0.4, -0.2) is 29.8 Å². The van der Waals surface area contributed by atoms with Crippen LogP contribution in [0.5, 0.6) is 0 Å². The van der Waals surface area contributed by atoms with Gasteiger partial charge in [-0.2, -0.15) is 0 Å². The zero-order valence-corrected chi connectivity index (χ0v) is 17.6. The van der Waals surface area contributed by atoms with Crippen molar-refractivity contribution in [2.75, 3.05) is 13.1 Å². The highest BCUT2D eigenvalue weighted by Crippen LogP contribution is 2.25. The fraction of sp³-hybridized carbons (Fsp3) is 0.360. The highest BCUT2D eigenvalue weighted by molar-refractivity contribution is 5.92. The minimum Gasteiger partial charge on any atom is -0.349 e. The number of nitrogens with one attached hydrogen (secondary N) is 1. The molecule has 0 aromatic heterocycles. The second-order valence-electron chi connectivity index (χ2n) is 8.13. The van der Waals surface area contributed by atoms with Crippen LogP contribution in [0.25, 0.3) is 6.08 Å². The Morgan fingerprint density at radius 3 is 2.27 bits per heavy atom. The number of hydrogen-bond donors (Lipinski definition) is 1. The van der Waals surface area contributed by atoms with E-state index in [1.54, 1.807) is 23.1 Å². The predicted octanol–water partition coefficient (Wildman–Crippen LogP) is 4.59. The number of benzene rings is 2. The largest absolute Gasteiger partial charge is 0.349 e. The molecule has 1 aliphatic heterocycles. The van der Waals surface area contributed by atoms with E-state index in [1.165, 1.54) is 12.1 Å². The van der Waals surface area contributed by atoms with Crippen molar-refractivity contribution in [1.82, 2.24) is 10.2 Å². The summed E-state index contributed by atoms with van der Waals surface area (Å²) in [5.74, 6) is -0.238. The van der Waals surface area contributed by atoms with Gasteiger partial charge in [0.15, 0.2) is 0 Å². The SMILES string of the molecule is CC(C)C(NC(=O)C1CCN(C(=O)/C=C/c2ccccc2)CC1)c1ccc(F)cc1. The lowest BCUT2D eigenvalue weighted by molar-refractivity contribution is -0.132. The minimum atomic E-state index is -0.286. The normalized spacial score (nSPS) is 16.1. The maximum atomic E-state index is 13.2. The molecule has 1 N–H and O–H groups in total. The van der Waals surface area contributed by atoms with Crippen molar-refractivity contribution in [2.24, 2.45) is 11.8 Å². The van der Waals surface area contributed by atoms with Gasteiger partial charge in [-0.05, 0) is 48.1 Å². The summed E-state index contributed by atoms with van der Waals surface area (Å²) in [4.78, 5) is 27.1. The summed E-state index contributed by atoms with van der Waals surface area (Å²) >= 11 is 0. The van der Waals surface area contributed by atoms with Gasteiger partial charge in [0.2, 0.25) is 11.8 Å². The van der Waals surface area contributed by atoms with Crippen molar-refractivity contribution >= 4 is 17.9 Å². The Kier molecular flexibility index (Phi) is 7.39. The first-order valence-electron chi connectivity index (χ1n) is 10.5. The maximum absolute atomic E-state index is 13.2. The summed E-state index contributed by atoms with van der Waals surface area (Å²) in [6, 6.07) is 15.8. The van der Waals surface area contributed by atoms with E-state index in [9.17, 15) is 14.0 Å². The molecule has 1 fully saturated rings. The van der Waals surface area contributed by atoms with Crippen molar-refractivity contribution in [3.8, 4) is 0 Å². The molecule has 0 radical (unpaired) electrons. The molecular weight excluding hydrogens is 379 g/mol. The van der Waals surface area contributed by atoms with Crippen LogP contribution in [0.3, 0.4) is 0 Å².